The lowest BCUT2D eigenvalue weighted by molar-refractivity contribution is 0.0704. The van der Waals surface area contributed by atoms with Crippen LogP contribution in [0.5, 0.6) is 0 Å². The molecular weight excluding hydrogens is 314 g/mol. The maximum Gasteiger partial charge on any atom is 0.253 e. The number of H-pyrrole nitrogens is 1. The van der Waals surface area contributed by atoms with Crippen LogP contribution in [0, 0.1) is 11.8 Å². The molecule has 2 aliphatic rings. The van der Waals surface area contributed by atoms with Gasteiger partial charge in [0.25, 0.3) is 5.91 Å². The van der Waals surface area contributed by atoms with Crippen molar-refractivity contribution in [2.45, 2.75) is 39.2 Å². The minimum atomic E-state index is 0.115. The average molecular weight is 341 g/mol. The number of carbonyl (C=O) groups excluding carboxylic acids is 1. The van der Waals surface area contributed by atoms with Gasteiger partial charge < -0.3 is 4.90 Å². The second-order valence-corrected chi connectivity index (χ2v) is 7.88. The van der Waals surface area contributed by atoms with E-state index in [2.05, 4.69) is 34.2 Å². The molecule has 1 saturated heterocycles. The lowest BCUT2D eigenvalue weighted by atomic mass is 10.0. The van der Waals surface area contributed by atoms with Crippen LogP contribution in [-0.2, 0) is 0 Å². The van der Waals surface area contributed by atoms with Gasteiger partial charge in [-0.15, -0.1) is 0 Å². The molecule has 1 atom stereocenters. The Labute approximate surface area is 148 Å². The summed E-state index contributed by atoms with van der Waals surface area (Å²) < 4.78 is 0. The van der Waals surface area contributed by atoms with Crippen LogP contribution in [0.3, 0.4) is 0 Å². The number of fused-ring (bicyclic) bond motifs is 1. The largest absolute Gasteiger partial charge is 0.337 e. The number of nitrogens with zero attached hydrogens (tertiary/aromatic N) is 4. The Morgan fingerprint density at radius 2 is 2.04 bits per heavy atom. The predicted octanol–water partition coefficient (Wildman–Crippen LogP) is 2.54. The van der Waals surface area contributed by atoms with Crippen LogP contribution in [0.2, 0.25) is 0 Å². The molecule has 0 unspecified atom stereocenters. The Morgan fingerprint density at radius 1 is 1.24 bits per heavy atom. The standard InChI is InChI=1S/C19H27N5O/c1-13(2)18-12-24(9-3-8-23(18)11-14-4-5-14)19(25)15-6-7-16-17(10-15)21-22-20-16/h6-7,10,13-14,18H,3-5,8-9,11-12H2,1-2H3,(H,20,21,22)/t18-/m0/s1. The van der Waals surface area contributed by atoms with Gasteiger partial charge in [-0.2, -0.15) is 15.4 Å². The van der Waals surface area contributed by atoms with E-state index in [1.807, 2.05) is 23.1 Å². The second kappa shape index (κ2) is 6.75. The molecule has 1 amide bonds. The molecule has 0 bridgehead atoms. The van der Waals surface area contributed by atoms with E-state index < -0.39 is 0 Å². The Kier molecular flexibility index (Phi) is 4.46. The molecule has 1 aliphatic heterocycles. The number of rotatable bonds is 4. The first-order valence-corrected chi connectivity index (χ1v) is 9.45. The molecule has 1 N–H and O–H groups in total. The fraction of sp³-hybridized carbons (Fsp3) is 0.632. The fourth-order valence-electron chi connectivity index (χ4n) is 3.89. The van der Waals surface area contributed by atoms with Gasteiger partial charge in [0.1, 0.15) is 11.0 Å². The molecule has 1 aromatic heterocycles. The number of carbonyl (C=O) groups is 1. The van der Waals surface area contributed by atoms with Gasteiger partial charge in [0.2, 0.25) is 0 Å². The van der Waals surface area contributed by atoms with E-state index in [0.717, 1.165) is 43.0 Å². The zero-order chi connectivity index (χ0) is 17.4. The summed E-state index contributed by atoms with van der Waals surface area (Å²) in [7, 11) is 0. The van der Waals surface area contributed by atoms with Crippen molar-refractivity contribution in [3.63, 3.8) is 0 Å². The monoisotopic (exact) mass is 341 g/mol. The molecule has 134 valence electrons. The van der Waals surface area contributed by atoms with Crippen LogP contribution in [0.15, 0.2) is 18.2 Å². The summed E-state index contributed by atoms with van der Waals surface area (Å²) >= 11 is 0. The summed E-state index contributed by atoms with van der Waals surface area (Å²) in [5.41, 5.74) is 2.25. The number of hydrogen-bond donors (Lipinski definition) is 1. The minimum absolute atomic E-state index is 0.115. The normalized spacial score (nSPS) is 22.5. The lowest BCUT2D eigenvalue weighted by Gasteiger charge is -2.34. The van der Waals surface area contributed by atoms with Crippen molar-refractivity contribution in [3.8, 4) is 0 Å². The first-order chi connectivity index (χ1) is 12.1. The first kappa shape index (κ1) is 16.5. The van der Waals surface area contributed by atoms with Gasteiger partial charge in [-0.3, -0.25) is 9.69 Å². The van der Waals surface area contributed by atoms with Crippen LogP contribution < -0.4 is 0 Å². The van der Waals surface area contributed by atoms with Crippen LogP contribution in [0.1, 0.15) is 43.5 Å². The molecule has 25 heavy (non-hydrogen) atoms. The van der Waals surface area contributed by atoms with Crippen molar-refractivity contribution in [1.29, 1.82) is 0 Å². The van der Waals surface area contributed by atoms with Gasteiger partial charge in [-0.25, -0.2) is 0 Å². The van der Waals surface area contributed by atoms with Gasteiger partial charge in [-0.05, 0) is 49.3 Å². The van der Waals surface area contributed by atoms with E-state index in [0.29, 0.717) is 17.5 Å². The molecule has 2 aromatic rings. The molecule has 2 heterocycles. The molecular formula is C19H27N5O. The van der Waals surface area contributed by atoms with Crippen molar-refractivity contribution < 1.29 is 4.79 Å². The Hall–Kier alpha value is -1.95. The summed E-state index contributed by atoms with van der Waals surface area (Å²) in [5.74, 6) is 1.55. The van der Waals surface area contributed by atoms with Crippen molar-refractivity contribution in [2.75, 3.05) is 26.2 Å². The third-order valence-electron chi connectivity index (χ3n) is 5.56. The third-order valence-corrected chi connectivity index (χ3v) is 5.56. The summed E-state index contributed by atoms with van der Waals surface area (Å²) in [6.45, 7) is 8.52. The maximum absolute atomic E-state index is 13.1. The van der Waals surface area contributed by atoms with E-state index in [-0.39, 0.29) is 5.91 Å². The van der Waals surface area contributed by atoms with Crippen LogP contribution in [0.25, 0.3) is 11.0 Å². The zero-order valence-electron chi connectivity index (χ0n) is 15.1. The van der Waals surface area contributed by atoms with Gasteiger partial charge in [0.05, 0.1) is 0 Å². The molecule has 2 fully saturated rings. The van der Waals surface area contributed by atoms with E-state index >= 15 is 0 Å². The molecule has 1 aliphatic carbocycles. The number of nitrogens with one attached hydrogen (secondary N) is 1. The highest BCUT2D eigenvalue weighted by atomic mass is 16.2. The minimum Gasteiger partial charge on any atom is -0.337 e. The highest BCUT2D eigenvalue weighted by Crippen LogP contribution is 2.32. The summed E-state index contributed by atoms with van der Waals surface area (Å²) in [6.07, 6.45) is 3.80. The van der Waals surface area contributed by atoms with Gasteiger partial charge >= 0.3 is 0 Å². The molecule has 0 spiro atoms. The van der Waals surface area contributed by atoms with Crippen LogP contribution >= 0.6 is 0 Å². The van der Waals surface area contributed by atoms with E-state index in [9.17, 15) is 4.79 Å². The Balaban J connectivity index is 1.52. The van der Waals surface area contributed by atoms with Crippen LogP contribution in [0.4, 0.5) is 0 Å². The number of aromatic nitrogens is 3. The van der Waals surface area contributed by atoms with E-state index in [1.54, 1.807) is 0 Å². The molecule has 1 aromatic carbocycles. The number of amides is 1. The smallest absolute Gasteiger partial charge is 0.253 e. The molecule has 0 radical (unpaired) electrons. The van der Waals surface area contributed by atoms with Crippen molar-refractivity contribution >= 4 is 16.9 Å². The topological polar surface area (TPSA) is 65.1 Å². The zero-order valence-corrected chi connectivity index (χ0v) is 15.1. The highest BCUT2D eigenvalue weighted by molar-refractivity contribution is 5.97. The lowest BCUT2D eigenvalue weighted by Crippen LogP contribution is -2.46. The second-order valence-electron chi connectivity index (χ2n) is 7.88. The van der Waals surface area contributed by atoms with Gasteiger partial charge in [0, 0.05) is 37.8 Å². The van der Waals surface area contributed by atoms with E-state index in [4.69, 9.17) is 0 Å². The van der Waals surface area contributed by atoms with Crippen molar-refractivity contribution in [2.24, 2.45) is 11.8 Å². The molecule has 4 rings (SSSR count). The average Bonchev–Trinajstić information content (AvgIpc) is 3.34. The van der Waals surface area contributed by atoms with E-state index in [1.165, 1.54) is 19.4 Å². The predicted molar refractivity (Wildman–Crippen MR) is 97.3 cm³/mol. The van der Waals surface area contributed by atoms with Gasteiger partial charge in [-0.1, -0.05) is 13.8 Å². The van der Waals surface area contributed by atoms with Crippen LogP contribution in [-0.4, -0.2) is 63.3 Å². The molecule has 6 nitrogen and oxygen atoms in total. The van der Waals surface area contributed by atoms with Crippen molar-refractivity contribution in [3.05, 3.63) is 23.8 Å². The SMILES string of the molecule is CC(C)[C@@H]1CN(C(=O)c2ccc3n[nH]nc3c2)CCCN1CC1CC1. The Bertz CT molecular complexity index is 751. The summed E-state index contributed by atoms with van der Waals surface area (Å²) in [6, 6.07) is 6.02. The summed E-state index contributed by atoms with van der Waals surface area (Å²) in [5, 5.41) is 10.8. The molecule has 1 saturated carbocycles. The fourth-order valence-corrected chi connectivity index (χ4v) is 3.89. The number of hydrogen-bond acceptors (Lipinski definition) is 4. The Morgan fingerprint density at radius 3 is 2.80 bits per heavy atom. The maximum atomic E-state index is 13.1. The first-order valence-electron chi connectivity index (χ1n) is 9.45. The highest BCUT2D eigenvalue weighted by Gasteiger charge is 2.33. The van der Waals surface area contributed by atoms with Crippen molar-refractivity contribution in [1.82, 2.24) is 25.2 Å². The molecule has 6 heteroatoms. The number of benzene rings is 1. The third kappa shape index (κ3) is 3.54. The number of aromatic amines is 1. The quantitative estimate of drug-likeness (QED) is 0.928. The summed E-state index contributed by atoms with van der Waals surface area (Å²) in [4.78, 5) is 17.8. The van der Waals surface area contributed by atoms with Gasteiger partial charge in [0.15, 0.2) is 0 Å².